The molecule has 0 fully saturated rings. The Morgan fingerprint density at radius 3 is 2.16 bits per heavy atom. The Morgan fingerprint density at radius 1 is 0.935 bits per heavy atom. The van der Waals surface area contributed by atoms with E-state index in [1.807, 2.05) is 60.7 Å². The molecular formula is C23H18N4O3S. The standard InChI is InChI=1S/C23H18N4O3S/c1-2-30-22(29)19-18(15-9-5-3-6-10-15)26-23(31-19)27-21(28)17-13-24-20(25-14-17)16-11-7-4-8-12-16/h3-14H,2H2,1H3,(H,26,27,28). The molecule has 2 heterocycles. The first-order valence-corrected chi connectivity index (χ1v) is 10.4. The van der Waals surface area contributed by atoms with Gasteiger partial charge in [0, 0.05) is 23.5 Å². The number of ether oxygens (including phenoxy) is 1. The molecule has 0 aliphatic heterocycles. The van der Waals surface area contributed by atoms with Gasteiger partial charge < -0.3 is 4.74 Å². The molecule has 31 heavy (non-hydrogen) atoms. The zero-order valence-corrected chi connectivity index (χ0v) is 17.4. The second-order valence-electron chi connectivity index (χ2n) is 6.40. The third-order valence-corrected chi connectivity index (χ3v) is 5.25. The van der Waals surface area contributed by atoms with Crippen LogP contribution in [0.25, 0.3) is 22.6 Å². The summed E-state index contributed by atoms with van der Waals surface area (Å²) in [6, 6.07) is 18.8. The molecule has 0 spiro atoms. The van der Waals surface area contributed by atoms with Gasteiger partial charge in [0.05, 0.1) is 17.9 Å². The Hall–Kier alpha value is -3.91. The van der Waals surface area contributed by atoms with Crippen LogP contribution in [0.5, 0.6) is 0 Å². The second-order valence-corrected chi connectivity index (χ2v) is 7.40. The molecule has 7 nitrogen and oxygen atoms in total. The Kier molecular flexibility index (Phi) is 6.09. The normalized spacial score (nSPS) is 10.5. The lowest BCUT2D eigenvalue weighted by Gasteiger charge is -2.03. The number of rotatable bonds is 6. The molecule has 0 aliphatic carbocycles. The quantitative estimate of drug-likeness (QED) is 0.446. The van der Waals surface area contributed by atoms with Gasteiger partial charge in [0.1, 0.15) is 4.88 Å². The molecule has 1 amide bonds. The van der Waals surface area contributed by atoms with Crippen LogP contribution >= 0.6 is 11.3 Å². The van der Waals surface area contributed by atoms with Gasteiger partial charge in [-0.25, -0.2) is 19.7 Å². The molecule has 0 unspecified atom stereocenters. The molecule has 4 aromatic rings. The predicted octanol–water partition coefficient (Wildman–Crippen LogP) is 4.70. The van der Waals surface area contributed by atoms with Gasteiger partial charge in [-0.2, -0.15) is 0 Å². The maximum atomic E-state index is 12.7. The smallest absolute Gasteiger partial charge is 0.350 e. The van der Waals surface area contributed by atoms with Crippen molar-refractivity contribution in [2.45, 2.75) is 6.92 Å². The highest BCUT2D eigenvalue weighted by Crippen LogP contribution is 2.32. The van der Waals surface area contributed by atoms with E-state index in [2.05, 4.69) is 20.3 Å². The van der Waals surface area contributed by atoms with Crippen molar-refractivity contribution in [3.8, 4) is 22.6 Å². The highest BCUT2D eigenvalue weighted by atomic mass is 32.1. The first-order chi connectivity index (χ1) is 15.2. The Bertz CT molecular complexity index is 1190. The molecule has 0 aliphatic rings. The monoisotopic (exact) mass is 430 g/mol. The summed E-state index contributed by atoms with van der Waals surface area (Å²) in [5.74, 6) is -0.361. The number of carbonyl (C=O) groups is 2. The zero-order chi connectivity index (χ0) is 21.6. The van der Waals surface area contributed by atoms with Crippen LogP contribution in [0.2, 0.25) is 0 Å². The fourth-order valence-corrected chi connectivity index (χ4v) is 3.73. The predicted molar refractivity (Wildman–Crippen MR) is 119 cm³/mol. The van der Waals surface area contributed by atoms with Gasteiger partial charge in [-0.1, -0.05) is 72.0 Å². The van der Waals surface area contributed by atoms with Crippen LogP contribution in [0, 0.1) is 0 Å². The van der Waals surface area contributed by atoms with Gasteiger partial charge in [0.25, 0.3) is 5.91 Å². The van der Waals surface area contributed by atoms with Crippen molar-refractivity contribution in [2.75, 3.05) is 11.9 Å². The molecular weight excluding hydrogens is 412 g/mol. The summed E-state index contributed by atoms with van der Waals surface area (Å²) in [6.45, 7) is 1.99. The van der Waals surface area contributed by atoms with Crippen molar-refractivity contribution >= 4 is 28.3 Å². The molecule has 0 bridgehead atoms. The highest BCUT2D eigenvalue weighted by molar-refractivity contribution is 7.18. The lowest BCUT2D eigenvalue weighted by molar-refractivity contribution is 0.0532. The van der Waals surface area contributed by atoms with Gasteiger partial charge in [0.15, 0.2) is 11.0 Å². The van der Waals surface area contributed by atoms with E-state index in [0.717, 1.165) is 22.5 Å². The van der Waals surface area contributed by atoms with E-state index in [4.69, 9.17) is 4.74 Å². The van der Waals surface area contributed by atoms with E-state index < -0.39 is 11.9 Å². The molecule has 154 valence electrons. The van der Waals surface area contributed by atoms with Crippen molar-refractivity contribution in [1.82, 2.24) is 15.0 Å². The number of hydrogen-bond donors (Lipinski definition) is 1. The van der Waals surface area contributed by atoms with E-state index in [9.17, 15) is 9.59 Å². The molecule has 8 heteroatoms. The van der Waals surface area contributed by atoms with Crippen LogP contribution in [0.4, 0.5) is 5.13 Å². The number of amides is 1. The largest absolute Gasteiger partial charge is 0.462 e. The van der Waals surface area contributed by atoms with Crippen LogP contribution < -0.4 is 5.32 Å². The van der Waals surface area contributed by atoms with Crippen molar-refractivity contribution < 1.29 is 14.3 Å². The van der Waals surface area contributed by atoms with Gasteiger partial charge in [-0.15, -0.1) is 0 Å². The number of nitrogens with one attached hydrogen (secondary N) is 1. The van der Waals surface area contributed by atoms with Gasteiger partial charge in [-0.3, -0.25) is 10.1 Å². The number of aromatic nitrogens is 3. The maximum absolute atomic E-state index is 12.7. The molecule has 0 radical (unpaired) electrons. The number of hydrogen-bond acceptors (Lipinski definition) is 7. The summed E-state index contributed by atoms with van der Waals surface area (Å²) >= 11 is 1.07. The van der Waals surface area contributed by atoms with Crippen LogP contribution in [-0.2, 0) is 4.74 Å². The summed E-state index contributed by atoms with van der Waals surface area (Å²) in [6.07, 6.45) is 2.92. The topological polar surface area (TPSA) is 94.1 Å². The average Bonchev–Trinajstić information content (AvgIpc) is 3.24. The minimum Gasteiger partial charge on any atom is -0.462 e. The third kappa shape index (κ3) is 4.65. The van der Waals surface area contributed by atoms with Crippen molar-refractivity contribution in [3.63, 3.8) is 0 Å². The van der Waals surface area contributed by atoms with Crippen molar-refractivity contribution in [2.24, 2.45) is 0 Å². The number of anilines is 1. The number of carbonyl (C=O) groups excluding carboxylic acids is 2. The summed E-state index contributed by atoms with van der Waals surface area (Å²) in [5, 5.41) is 3.02. The van der Waals surface area contributed by atoms with E-state index in [1.54, 1.807) is 6.92 Å². The number of thiazole rings is 1. The van der Waals surface area contributed by atoms with Gasteiger partial charge >= 0.3 is 5.97 Å². The summed E-state index contributed by atoms with van der Waals surface area (Å²) in [7, 11) is 0. The zero-order valence-electron chi connectivity index (χ0n) is 16.6. The fourth-order valence-electron chi connectivity index (χ4n) is 2.85. The fraction of sp³-hybridized carbons (Fsp3) is 0.0870. The summed E-state index contributed by atoms with van der Waals surface area (Å²) < 4.78 is 5.15. The first kappa shape index (κ1) is 20.4. The second kappa shape index (κ2) is 9.27. The van der Waals surface area contributed by atoms with Crippen LogP contribution in [0.1, 0.15) is 27.0 Å². The Balaban J connectivity index is 1.57. The lowest BCUT2D eigenvalue weighted by atomic mass is 10.1. The van der Waals surface area contributed by atoms with Crippen LogP contribution in [-0.4, -0.2) is 33.4 Å². The van der Waals surface area contributed by atoms with Gasteiger partial charge in [-0.05, 0) is 6.92 Å². The minimum absolute atomic E-state index is 0.248. The Labute approximate surface area is 182 Å². The average molecular weight is 430 g/mol. The van der Waals surface area contributed by atoms with Crippen molar-refractivity contribution in [3.05, 3.63) is 83.5 Å². The maximum Gasteiger partial charge on any atom is 0.350 e. The highest BCUT2D eigenvalue weighted by Gasteiger charge is 2.22. The molecule has 0 saturated carbocycles. The number of nitrogens with zero attached hydrogens (tertiary/aromatic N) is 3. The molecule has 2 aromatic carbocycles. The lowest BCUT2D eigenvalue weighted by Crippen LogP contribution is -2.12. The van der Waals surface area contributed by atoms with E-state index >= 15 is 0 Å². The van der Waals surface area contributed by atoms with Crippen molar-refractivity contribution in [1.29, 1.82) is 0 Å². The summed E-state index contributed by atoms with van der Waals surface area (Å²) in [4.78, 5) is 38.4. The SMILES string of the molecule is CCOC(=O)c1sc(NC(=O)c2cnc(-c3ccccc3)nc2)nc1-c1ccccc1. The molecule has 0 atom stereocenters. The molecule has 2 aromatic heterocycles. The summed E-state index contributed by atoms with van der Waals surface area (Å²) in [5.41, 5.74) is 2.38. The Morgan fingerprint density at radius 2 is 1.55 bits per heavy atom. The number of benzene rings is 2. The molecule has 0 saturated heterocycles. The van der Waals surface area contributed by atoms with E-state index in [0.29, 0.717) is 21.5 Å². The van der Waals surface area contributed by atoms with E-state index in [1.165, 1.54) is 12.4 Å². The van der Waals surface area contributed by atoms with Crippen LogP contribution in [0.3, 0.4) is 0 Å². The van der Waals surface area contributed by atoms with Gasteiger partial charge in [0.2, 0.25) is 0 Å². The van der Waals surface area contributed by atoms with Crippen LogP contribution in [0.15, 0.2) is 73.1 Å². The minimum atomic E-state index is -0.477. The molecule has 4 rings (SSSR count). The molecule has 1 N–H and O–H groups in total. The van der Waals surface area contributed by atoms with E-state index in [-0.39, 0.29) is 12.2 Å². The third-order valence-electron chi connectivity index (χ3n) is 4.30. The first-order valence-electron chi connectivity index (χ1n) is 9.58. The number of esters is 1.